The van der Waals surface area contributed by atoms with Gasteiger partial charge in [-0.1, -0.05) is 23.7 Å². The molecule has 6 nitrogen and oxygen atoms in total. The fourth-order valence-electron chi connectivity index (χ4n) is 2.25. The van der Waals surface area contributed by atoms with Crippen molar-refractivity contribution in [2.24, 2.45) is 0 Å². The molecule has 0 unspecified atom stereocenters. The highest BCUT2D eigenvalue weighted by molar-refractivity contribution is 6.31. The van der Waals surface area contributed by atoms with Gasteiger partial charge in [0.05, 0.1) is 20.8 Å². The molecule has 0 spiro atoms. The maximum absolute atomic E-state index is 12.4. The molecule has 132 valence electrons. The Morgan fingerprint density at radius 2 is 1.72 bits per heavy atom. The first kappa shape index (κ1) is 18.6. The summed E-state index contributed by atoms with van der Waals surface area (Å²) in [6.45, 7) is 1.65. The van der Waals surface area contributed by atoms with Crippen LogP contribution in [0.25, 0.3) is 0 Å². The summed E-state index contributed by atoms with van der Waals surface area (Å²) in [5, 5.41) is 5.79. The summed E-state index contributed by atoms with van der Waals surface area (Å²) in [5.74, 6) is -0.106. The molecule has 0 aliphatic heterocycles. The predicted octanol–water partition coefficient (Wildman–Crippen LogP) is 3.03. The van der Waals surface area contributed by atoms with Crippen LogP contribution in [0.5, 0.6) is 11.5 Å². The molecule has 2 N–H and O–H groups in total. The number of aryl methyl sites for hydroxylation is 1. The Hall–Kier alpha value is -2.73. The van der Waals surface area contributed by atoms with E-state index in [4.69, 9.17) is 21.1 Å². The van der Waals surface area contributed by atoms with Crippen LogP contribution in [0.1, 0.15) is 15.9 Å². The number of benzene rings is 2. The van der Waals surface area contributed by atoms with Crippen molar-refractivity contribution < 1.29 is 19.1 Å². The predicted molar refractivity (Wildman–Crippen MR) is 96.7 cm³/mol. The van der Waals surface area contributed by atoms with Gasteiger partial charge in [-0.05, 0) is 36.8 Å². The monoisotopic (exact) mass is 362 g/mol. The second kappa shape index (κ2) is 8.39. The fraction of sp³-hybridized carbons (Fsp3) is 0.222. The molecular formula is C18H19ClN2O4. The Morgan fingerprint density at radius 1 is 1.08 bits per heavy atom. The van der Waals surface area contributed by atoms with Crippen LogP contribution in [0.3, 0.4) is 0 Å². The van der Waals surface area contributed by atoms with Gasteiger partial charge in [0.2, 0.25) is 5.91 Å². The number of anilines is 1. The fourth-order valence-corrected chi connectivity index (χ4v) is 2.42. The van der Waals surface area contributed by atoms with Crippen molar-refractivity contribution in [2.45, 2.75) is 6.92 Å². The quantitative estimate of drug-likeness (QED) is 0.828. The minimum atomic E-state index is -0.465. The van der Waals surface area contributed by atoms with Crippen molar-refractivity contribution in [1.29, 1.82) is 0 Å². The number of carbonyl (C=O) groups excluding carboxylic acids is 2. The molecular weight excluding hydrogens is 344 g/mol. The van der Waals surface area contributed by atoms with Gasteiger partial charge in [-0.25, -0.2) is 0 Å². The first-order chi connectivity index (χ1) is 12.0. The lowest BCUT2D eigenvalue weighted by Crippen LogP contribution is -2.33. The van der Waals surface area contributed by atoms with E-state index in [-0.39, 0.29) is 18.0 Å². The number of hydrogen-bond acceptors (Lipinski definition) is 4. The molecule has 25 heavy (non-hydrogen) atoms. The number of rotatable bonds is 6. The third-order valence-electron chi connectivity index (χ3n) is 3.54. The van der Waals surface area contributed by atoms with Gasteiger partial charge >= 0.3 is 0 Å². The molecule has 0 aliphatic rings. The standard InChI is InChI=1S/C18H19ClN2O4/c1-11-7-8-12(19)9-13(11)21-16(22)10-20-18(23)17-14(24-2)5-4-6-15(17)25-3/h4-9H,10H2,1-3H3,(H,20,23)(H,21,22). The highest BCUT2D eigenvalue weighted by atomic mass is 35.5. The zero-order chi connectivity index (χ0) is 18.4. The summed E-state index contributed by atoms with van der Waals surface area (Å²) < 4.78 is 10.4. The number of carbonyl (C=O) groups is 2. The molecule has 0 fully saturated rings. The second-order valence-electron chi connectivity index (χ2n) is 5.23. The molecule has 0 radical (unpaired) electrons. The molecule has 0 saturated carbocycles. The molecule has 7 heteroatoms. The van der Waals surface area contributed by atoms with Gasteiger partial charge in [0, 0.05) is 10.7 Å². The molecule has 0 saturated heterocycles. The molecule has 0 bridgehead atoms. The highest BCUT2D eigenvalue weighted by Gasteiger charge is 2.18. The number of hydrogen-bond donors (Lipinski definition) is 2. The normalized spacial score (nSPS) is 10.1. The van der Waals surface area contributed by atoms with E-state index < -0.39 is 5.91 Å². The van der Waals surface area contributed by atoms with E-state index >= 15 is 0 Å². The maximum atomic E-state index is 12.4. The van der Waals surface area contributed by atoms with Crippen molar-refractivity contribution >= 4 is 29.1 Å². The molecule has 2 aromatic carbocycles. The number of amides is 2. The molecule has 0 atom stereocenters. The third kappa shape index (κ3) is 4.64. The van der Waals surface area contributed by atoms with Crippen LogP contribution in [-0.2, 0) is 4.79 Å². The minimum Gasteiger partial charge on any atom is -0.496 e. The molecule has 2 aromatic rings. The lowest BCUT2D eigenvalue weighted by Gasteiger charge is -2.13. The van der Waals surface area contributed by atoms with Gasteiger partial charge in [0.25, 0.3) is 5.91 Å². The van der Waals surface area contributed by atoms with Crippen molar-refractivity contribution in [2.75, 3.05) is 26.1 Å². The summed E-state index contributed by atoms with van der Waals surface area (Å²) in [4.78, 5) is 24.5. The Kier molecular flexibility index (Phi) is 6.25. The zero-order valence-corrected chi connectivity index (χ0v) is 14.9. The Morgan fingerprint density at radius 3 is 2.32 bits per heavy atom. The van der Waals surface area contributed by atoms with E-state index in [9.17, 15) is 9.59 Å². The van der Waals surface area contributed by atoms with Gasteiger partial charge in [0.1, 0.15) is 17.1 Å². The lowest BCUT2D eigenvalue weighted by molar-refractivity contribution is -0.115. The minimum absolute atomic E-state index is 0.202. The molecule has 0 aromatic heterocycles. The van der Waals surface area contributed by atoms with Crippen molar-refractivity contribution in [3.05, 3.63) is 52.5 Å². The van der Waals surface area contributed by atoms with E-state index in [0.29, 0.717) is 22.2 Å². The average Bonchev–Trinajstić information content (AvgIpc) is 2.61. The van der Waals surface area contributed by atoms with Crippen LogP contribution < -0.4 is 20.1 Å². The smallest absolute Gasteiger partial charge is 0.259 e. The number of nitrogens with one attached hydrogen (secondary N) is 2. The number of ether oxygens (including phenoxy) is 2. The summed E-state index contributed by atoms with van der Waals surface area (Å²) in [6.07, 6.45) is 0. The van der Waals surface area contributed by atoms with E-state index in [1.54, 1.807) is 36.4 Å². The maximum Gasteiger partial charge on any atom is 0.259 e. The van der Waals surface area contributed by atoms with Crippen molar-refractivity contribution in [3.63, 3.8) is 0 Å². The van der Waals surface area contributed by atoms with Gasteiger partial charge in [-0.15, -0.1) is 0 Å². The summed E-state index contributed by atoms with van der Waals surface area (Å²) >= 11 is 5.93. The van der Waals surface area contributed by atoms with Crippen LogP contribution in [-0.4, -0.2) is 32.6 Å². The van der Waals surface area contributed by atoms with Crippen LogP contribution in [0.15, 0.2) is 36.4 Å². The van der Waals surface area contributed by atoms with Gasteiger partial charge in [-0.3, -0.25) is 9.59 Å². The Bertz CT molecular complexity index is 770. The highest BCUT2D eigenvalue weighted by Crippen LogP contribution is 2.27. The van der Waals surface area contributed by atoms with Crippen molar-refractivity contribution in [3.8, 4) is 11.5 Å². The second-order valence-corrected chi connectivity index (χ2v) is 5.66. The Labute approximate surface area is 151 Å². The topological polar surface area (TPSA) is 76.7 Å². The third-order valence-corrected chi connectivity index (χ3v) is 3.77. The Balaban J connectivity index is 2.05. The molecule has 2 amide bonds. The van der Waals surface area contributed by atoms with Gasteiger partial charge in [0.15, 0.2) is 0 Å². The average molecular weight is 363 g/mol. The van der Waals surface area contributed by atoms with Crippen molar-refractivity contribution in [1.82, 2.24) is 5.32 Å². The zero-order valence-electron chi connectivity index (χ0n) is 14.2. The molecule has 0 aliphatic carbocycles. The van der Waals surface area contributed by atoms with Crippen LogP contribution in [0.2, 0.25) is 5.02 Å². The first-order valence-corrected chi connectivity index (χ1v) is 7.89. The SMILES string of the molecule is COc1cccc(OC)c1C(=O)NCC(=O)Nc1cc(Cl)ccc1C. The van der Waals surface area contributed by atoms with Crippen LogP contribution in [0.4, 0.5) is 5.69 Å². The van der Waals surface area contributed by atoms with Gasteiger partial charge in [-0.2, -0.15) is 0 Å². The van der Waals surface area contributed by atoms with E-state index in [0.717, 1.165) is 5.56 Å². The van der Waals surface area contributed by atoms with Crippen LogP contribution >= 0.6 is 11.6 Å². The van der Waals surface area contributed by atoms with Crippen LogP contribution in [0, 0.1) is 6.92 Å². The van der Waals surface area contributed by atoms with E-state index in [2.05, 4.69) is 10.6 Å². The lowest BCUT2D eigenvalue weighted by atomic mass is 10.1. The summed E-state index contributed by atoms with van der Waals surface area (Å²) in [5.41, 5.74) is 1.70. The first-order valence-electron chi connectivity index (χ1n) is 7.51. The summed E-state index contributed by atoms with van der Waals surface area (Å²) in [7, 11) is 2.92. The molecule has 0 heterocycles. The van der Waals surface area contributed by atoms with Gasteiger partial charge < -0.3 is 20.1 Å². The number of methoxy groups -OCH3 is 2. The molecule has 2 rings (SSSR count). The van der Waals surface area contributed by atoms with E-state index in [1.165, 1.54) is 14.2 Å². The largest absolute Gasteiger partial charge is 0.496 e. The van der Waals surface area contributed by atoms with E-state index in [1.807, 2.05) is 6.92 Å². The number of halogens is 1. The summed E-state index contributed by atoms with van der Waals surface area (Å²) in [6, 6.07) is 10.2.